The van der Waals surface area contributed by atoms with E-state index in [4.69, 9.17) is 11.6 Å². The van der Waals surface area contributed by atoms with Crippen molar-refractivity contribution in [3.8, 4) is 5.75 Å². The summed E-state index contributed by atoms with van der Waals surface area (Å²) in [5, 5.41) is 19.9. The molecule has 5 nitrogen and oxygen atoms in total. The first-order valence-electron chi connectivity index (χ1n) is 9.97. The van der Waals surface area contributed by atoms with Gasteiger partial charge in [0.1, 0.15) is 11.6 Å². The average molecular weight is 425 g/mol. The summed E-state index contributed by atoms with van der Waals surface area (Å²) in [6, 6.07) is 14.2. The van der Waals surface area contributed by atoms with Crippen LogP contribution in [0.3, 0.4) is 0 Å². The van der Waals surface area contributed by atoms with E-state index in [0.717, 1.165) is 41.9 Å². The van der Waals surface area contributed by atoms with Crippen LogP contribution < -0.4 is 0 Å². The molecule has 0 aliphatic heterocycles. The van der Waals surface area contributed by atoms with E-state index in [0.29, 0.717) is 11.6 Å². The lowest BCUT2D eigenvalue weighted by Crippen LogP contribution is -2.09. The van der Waals surface area contributed by atoms with Gasteiger partial charge in [-0.05, 0) is 41.8 Å². The molecule has 3 rings (SSSR count). The first-order valence-corrected chi connectivity index (χ1v) is 10.3. The monoisotopic (exact) mass is 424 g/mol. The number of imidazole rings is 1. The highest BCUT2D eigenvalue weighted by molar-refractivity contribution is 6.31. The number of benzene rings is 2. The summed E-state index contributed by atoms with van der Waals surface area (Å²) < 4.78 is 2.04. The van der Waals surface area contributed by atoms with E-state index < -0.39 is 5.97 Å². The number of hydrogen-bond donors (Lipinski definition) is 2. The smallest absolute Gasteiger partial charge is 0.331 e. The molecule has 6 heteroatoms. The van der Waals surface area contributed by atoms with Gasteiger partial charge in [-0.15, -0.1) is 0 Å². The number of carboxylic acids is 1. The summed E-state index contributed by atoms with van der Waals surface area (Å²) in [6.07, 6.45) is 6.51. The zero-order valence-corrected chi connectivity index (χ0v) is 17.6. The lowest BCUT2D eigenvalue weighted by Gasteiger charge is -2.12. The Morgan fingerprint density at radius 3 is 2.57 bits per heavy atom. The van der Waals surface area contributed by atoms with Crippen LogP contribution in [0.4, 0.5) is 0 Å². The first-order chi connectivity index (χ1) is 14.5. The van der Waals surface area contributed by atoms with Crippen LogP contribution in [0, 0.1) is 0 Å². The Morgan fingerprint density at radius 2 is 1.90 bits per heavy atom. The quantitative estimate of drug-likeness (QED) is 0.454. The number of aliphatic carboxylic acids is 1. The van der Waals surface area contributed by atoms with Crippen LogP contribution in [-0.4, -0.2) is 25.7 Å². The first kappa shape index (κ1) is 21.7. The molecule has 30 heavy (non-hydrogen) atoms. The van der Waals surface area contributed by atoms with Gasteiger partial charge in [-0.2, -0.15) is 0 Å². The molecule has 0 fully saturated rings. The van der Waals surface area contributed by atoms with Crippen molar-refractivity contribution in [2.75, 3.05) is 0 Å². The van der Waals surface area contributed by atoms with Gasteiger partial charge >= 0.3 is 5.97 Å². The maximum Gasteiger partial charge on any atom is 0.331 e. The van der Waals surface area contributed by atoms with E-state index in [2.05, 4.69) is 11.9 Å². The standard InChI is InChI=1S/C24H25ClN2O3/c1-2-3-8-23-26-15-20(27(23)16-18-6-4-5-7-22(18)25)14-19(24(29)30)13-17-9-11-21(28)12-10-17/h4-7,9-12,14-15,28H,2-3,8,13,16H2,1H3,(H,29,30)/b19-14+. The number of aromatic nitrogens is 2. The third-order valence-electron chi connectivity index (χ3n) is 4.94. The normalized spacial score (nSPS) is 11.6. The predicted octanol–water partition coefficient (Wildman–Crippen LogP) is 5.34. The van der Waals surface area contributed by atoms with Crippen LogP contribution in [0.5, 0.6) is 5.75 Å². The molecule has 1 heterocycles. The van der Waals surface area contributed by atoms with Gasteiger partial charge in [-0.3, -0.25) is 0 Å². The molecule has 0 spiro atoms. The minimum atomic E-state index is -0.983. The summed E-state index contributed by atoms with van der Waals surface area (Å²) in [5.41, 5.74) is 2.75. The molecule has 0 aliphatic carbocycles. The highest BCUT2D eigenvalue weighted by Crippen LogP contribution is 2.22. The van der Waals surface area contributed by atoms with Gasteiger partial charge in [0.15, 0.2) is 0 Å². The van der Waals surface area contributed by atoms with E-state index in [9.17, 15) is 15.0 Å². The number of nitrogens with zero attached hydrogens (tertiary/aromatic N) is 2. The Morgan fingerprint density at radius 1 is 1.17 bits per heavy atom. The molecule has 0 saturated heterocycles. The fraction of sp³-hybridized carbons (Fsp3) is 0.250. The number of phenols is 1. The molecule has 3 aromatic rings. The topological polar surface area (TPSA) is 75.3 Å². The summed E-state index contributed by atoms with van der Waals surface area (Å²) in [5.74, 6) is 0.0825. The molecule has 156 valence electrons. The van der Waals surface area contributed by atoms with E-state index in [1.165, 1.54) is 0 Å². The van der Waals surface area contributed by atoms with Crippen molar-refractivity contribution >= 4 is 23.6 Å². The number of carboxylic acid groups (broad SMARTS) is 1. The highest BCUT2D eigenvalue weighted by Gasteiger charge is 2.14. The van der Waals surface area contributed by atoms with Crippen molar-refractivity contribution in [3.63, 3.8) is 0 Å². The second-order valence-corrected chi connectivity index (χ2v) is 7.61. The van der Waals surface area contributed by atoms with E-state index in [1.54, 1.807) is 36.5 Å². The van der Waals surface area contributed by atoms with Crippen LogP contribution in [0.15, 0.2) is 60.3 Å². The maximum atomic E-state index is 11.9. The average Bonchev–Trinajstić information content (AvgIpc) is 3.10. The minimum Gasteiger partial charge on any atom is -0.508 e. The number of aryl methyl sites for hydroxylation is 1. The van der Waals surface area contributed by atoms with Gasteiger partial charge in [0.05, 0.1) is 18.4 Å². The Hall–Kier alpha value is -3.05. The van der Waals surface area contributed by atoms with Gasteiger partial charge in [0.25, 0.3) is 0 Å². The Bertz CT molecular complexity index is 1040. The Labute approximate surface area is 181 Å². The number of unbranched alkanes of at least 4 members (excludes halogenated alkanes) is 1. The third-order valence-corrected chi connectivity index (χ3v) is 5.31. The van der Waals surface area contributed by atoms with Crippen molar-refractivity contribution in [1.29, 1.82) is 0 Å². The fourth-order valence-corrected chi connectivity index (χ4v) is 3.45. The summed E-state index contributed by atoms with van der Waals surface area (Å²) >= 11 is 6.36. The SMILES string of the molecule is CCCCc1ncc(/C=C(\Cc2ccc(O)cc2)C(=O)O)n1Cc1ccccc1Cl. The largest absolute Gasteiger partial charge is 0.508 e. The number of rotatable bonds is 9. The number of aromatic hydroxyl groups is 1. The van der Waals surface area contributed by atoms with Gasteiger partial charge in [0, 0.05) is 23.4 Å². The highest BCUT2D eigenvalue weighted by atomic mass is 35.5. The second kappa shape index (κ2) is 10.1. The maximum absolute atomic E-state index is 11.9. The van der Waals surface area contributed by atoms with E-state index >= 15 is 0 Å². The zero-order chi connectivity index (χ0) is 21.5. The molecule has 0 saturated carbocycles. The molecule has 1 aromatic heterocycles. The Balaban J connectivity index is 1.97. The van der Waals surface area contributed by atoms with Gasteiger partial charge in [-0.25, -0.2) is 9.78 Å². The van der Waals surface area contributed by atoms with Crippen molar-refractivity contribution < 1.29 is 15.0 Å². The molecule has 2 N–H and O–H groups in total. The molecule has 0 aliphatic rings. The summed E-state index contributed by atoms with van der Waals surface area (Å²) in [4.78, 5) is 16.5. The van der Waals surface area contributed by atoms with E-state index in [-0.39, 0.29) is 17.7 Å². The van der Waals surface area contributed by atoms with Crippen LogP contribution in [0.1, 0.15) is 42.4 Å². The van der Waals surface area contributed by atoms with Crippen LogP contribution >= 0.6 is 11.6 Å². The van der Waals surface area contributed by atoms with Crippen molar-refractivity contribution in [2.24, 2.45) is 0 Å². The number of hydrogen-bond acceptors (Lipinski definition) is 3. The Kier molecular flexibility index (Phi) is 7.31. The molecule has 0 unspecified atom stereocenters. The zero-order valence-electron chi connectivity index (χ0n) is 16.9. The molecule has 0 atom stereocenters. The number of carbonyl (C=O) groups is 1. The fourth-order valence-electron chi connectivity index (χ4n) is 3.26. The molecular weight excluding hydrogens is 400 g/mol. The lowest BCUT2D eigenvalue weighted by molar-refractivity contribution is -0.132. The summed E-state index contributed by atoms with van der Waals surface area (Å²) in [6.45, 7) is 2.65. The molecule has 0 bridgehead atoms. The second-order valence-electron chi connectivity index (χ2n) is 7.20. The lowest BCUT2D eigenvalue weighted by atomic mass is 10.0. The van der Waals surface area contributed by atoms with E-state index in [1.807, 2.05) is 28.8 Å². The number of phenolic OH excluding ortho intramolecular Hbond substituents is 1. The molecule has 2 aromatic carbocycles. The van der Waals surface area contributed by atoms with Gasteiger partial charge in [0.2, 0.25) is 0 Å². The predicted molar refractivity (Wildman–Crippen MR) is 119 cm³/mol. The van der Waals surface area contributed by atoms with Gasteiger partial charge < -0.3 is 14.8 Å². The van der Waals surface area contributed by atoms with Crippen molar-refractivity contribution in [1.82, 2.24) is 9.55 Å². The van der Waals surface area contributed by atoms with Crippen LogP contribution in [-0.2, 0) is 24.2 Å². The number of halogens is 1. The van der Waals surface area contributed by atoms with Crippen LogP contribution in [0.25, 0.3) is 6.08 Å². The third kappa shape index (κ3) is 5.51. The van der Waals surface area contributed by atoms with Crippen molar-refractivity contribution in [2.45, 2.75) is 39.2 Å². The molecular formula is C24H25ClN2O3. The molecule has 0 amide bonds. The minimum absolute atomic E-state index is 0.151. The summed E-state index contributed by atoms with van der Waals surface area (Å²) in [7, 11) is 0. The van der Waals surface area contributed by atoms with Crippen molar-refractivity contribution in [3.05, 3.63) is 88.0 Å². The van der Waals surface area contributed by atoms with Crippen LogP contribution in [0.2, 0.25) is 5.02 Å². The molecule has 0 radical (unpaired) electrons. The van der Waals surface area contributed by atoms with Gasteiger partial charge in [-0.1, -0.05) is 55.3 Å².